The minimum atomic E-state index is 0.0491. The minimum absolute atomic E-state index is 0.0491. The predicted octanol–water partition coefficient (Wildman–Crippen LogP) is 3.42. The van der Waals surface area contributed by atoms with Gasteiger partial charge in [-0.3, -0.25) is 9.69 Å². The average Bonchev–Trinajstić information content (AvgIpc) is 2.63. The molecule has 1 aliphatic heterocycles. The first-order chi connectivity index (χ1) is 11.7. The zero-order valence-corrected chi connectivity index (χ0v) is 15.3. The Morgan fingerprint density at radius 2 is 1.71 bits per heavy atom. The lowest BCUT2D eigenvalue weighted by molar-refractivity contribution is 0.0625. The first-order valence-electron chi connectivity index (χ1n) is 8.07. The van der Waals surface area contributed by atoms with Gasteiger partial charge in [0.2, 0.25) is 0 Å². The average molecular weight is 389 g/mol. The van der Waals surface area contributed by atoms with Crippen LogP contribution in [0.15, 0.2) is 53.0 Å². The number of amides is 1. The van der Waals surface area contributed by atoms with E-state index < -0.39 is 0 Å². The fourth-order valence-electron chi connectivity index (χ4n) is 2.97. The van der Waals surface area contributed by atoms with Crippen LogP contribution < -0.4 is 4.74 Å². The van der Waals surface area contributed by atoms with E-state index in [1.54, 1.807) is 7.11 Å². The van der Waals surface area contributed by atoms with E-state index in [2.05, 4.69) is 39.0 Å². The van der Waals surface area contributed by atoms with Gasteiger partial charge >= 0.3 is 0 Å². The van der Waals surface area contributed by atoms with Gasteiger partial charge in [-0.25, -0.2) is 0 Å². The van der Waals surface area contributed by atoms with Crippen LogP contribution in [0.3, 0.4) is 0 Å². The van der Waals surface area contributed by atoms with Gasteiger partial charge in [0.15, 0.2) is 0 Å². The normalized spacial score (nSPS) is 15.3. The van der Waals surface area contributed by atoms with Crippen molar-refractivity contribution in [2.75, 3.05) is 33.3 Å². The fourth-order valence-corrected chi connectivity index (χ4v) is 3.38. The molecular weight excluding hydrogens is 368 g/mol. The summed E-state index contributed by atoms with van der Waals surface area (Å²) >= 11 is 3.60. The van der Waals surface area contributed by atoms with Crippen LogP contribution in [0.2, 0.25) is 0 Å². The number of para-hydroxylation sites is 1. The molecule has 0 aromatic heterocycles. The van der Waals surface area contributed by atoms with Crippen LogP contribution in [0.5, 0.6) is 5.75 Å². The summed E-state index contributed by atoms with van der Waals surface area (Å²) in [4.78, 5) is 17.0. The largest absolute Gasteiger partial charge is 0.496 e. The number of nitrogens with zero attached hydrogens (tertiary/aromatic N) is 2. The first kappa shape index (κ1) is 17.0. The quantitative estimate of drug-likeness (QED) is 0.804. The van der Waals surface area contributed by atoms with Crippen molar-refractivity contribution in [2.24, 2.45) is 0 Å². The third-order valence-electron chi connectivity index (χ3n) is 4.35. The molecule has 0 unspecified atom stereocenters. The van der Waals surface area contributed by atoms with Crippen molar-refractivity contribution in [3.8, 4) is 5.75 Å². The molecule has 2 aromatic carbocycles. The molecule has 1 heterocycles. The number of benzene rings is 2. The predicted molar refractivity (Wildman–Crippen MR) is 98.3 cm³/mol. The van der Waals surface area contributed by atoms with Crippen LogP contribution in [0.4, 0.5) is 0 Å². The SMILES string of the molecule is COc1ccccc1C(=O)N1CCN(Cc2ccccc2Br)CC1. The Balaban J connectivity index is 1.61. The molecule has 0 radical (unpaired) electrons. The van der Waals surface area contributed by atoms with E-state index in [0.29, 0.717) is 11.3 Å². The molecule has 1 amide bonds. The summed E-state index contributed by atoms with van der Waals surface area (Å²) in [7, 11) is 1.60. The molecule has 126 valence electrons. The van der Waals surface area contributed by atoms with Gasteiger partial charge < -0.3 is 9.64 Å². The second-order valence-electron chi connectivity index (χ2n) is 5.86. The summed E-state index contributed by atoms with van der Waals surface area (Å²) < 4.78 is 6.44. The van der Waals surface area contributed by atoms with Crippen molar-refractivity contribution in [3.63, 3.8) is 0 Å². The van der Waals surface area contributed by atoms with E-state index in [1.165, 1.54) is 5.56 Å². The number of halogens is 1. The molecule has 2 aromatic rings. The lowest BCUT2D eigenvalue weighted by atomic mass is 10.1. The maximum absolute atomic E-state index is 12.7. The van der Waals surface area contributed by atoms with E-state index in [1.807, 2.05) is 35.2 Å². The number of hydrogen-bond acceptors (Lipinski definition) is 3. The number of rotatable bonds is 4. The molecule has 3 rings (SSSR count). The van der Waals surface area contributed by atoms with E-state index in [4.69, 9.17) is 4.74 Å². The number of piperazine rings is 1. The highest BCUT2D eigenvalue weighted by molar-refractivity contribution is 9.10. The highest BCUT2D eigenvalue weighted by Gasteiger charge is 2.24. The highest BCUT2D eigenvalue weighted by Crippen LogP contribution is 2.21. The Labute approximate surface area is 151 Å². The van der Waals surface area contributed by atoms with Crippen molar-refractivity contribution in [2.45, 2.75) is 6.54 Å². The smallest absolute Gasteiger partial charge is 0.257 e. The monoisotopic (exact) mass is 388 g/mol. The van der Waals surface area contributed by atoms with Gasteiger partial charge in [-0.15, -0.1) is 0 Å². The lowest BCUT2D eigenvalue weighted by Gasteiger charge is -2.35. The minimum Gasteiger partial charge on any atom is -0.496 e. The maximum atomic E-state index is 12.7. The summed E-state index contributed by atoms with van der Waals surface area (Å²) in [6, 6.07) is 15.7. The zero-order valence-electron chi connectivity index (χ0n) is 13.7. The third-order valence-corrected chi connectivity index (χ3v) is 5.12. The van der Waals surface area contributed by atoms with Gasteiger partial charge in [-0.05, 0) is 23.8 Å². The molecular formula is C19H21BrN2O2. The van der Waals surface area contributed by atoms with Crippen LogP contribution in [-0.4, -0.2) is 49.0 Å². The molecule has 24 heavy (non-hydrogen) atoms. The Kier molecular flexibility index (Phi) is 5.53. The summed E-state index contributed by atoms with van der Waals surface area (Å²) in [6.07, 6.45) is 0. The van der Waals surface area contributed by atoms with Crippen LogP contribution >= 0.6 is 15.9 Å². The van der Waals surface area contributed by atoms with Gasteiger partial charge in [-0.2, -0.15) is 0 Å². The zero-order chi connectivity index (χ0) is 16.9. The Morgan fingerprint density at radius 3 is 2.42 bits per heavy atom. The van der Waals surface area contributed by atoms with Gasteiger partial charge in [0.05, 0.1) is 12.7 Å². The van der Waals surface area contributed by atoms with E-state index in [0.717, 1.165) is 37.2 Å². The van der Waals surface area contributed by atoms with Gasteiger partial charge in [0.25, 0.3) is 5.91 Å². The topological polar surface area (TPSA) is 32.8 Å². The van der Waals surface area contributed by atoms with Crippen molar-refractivity contribution in [1.29, 1.82) is 0 Å². The van der Waals surface area contributed by atoms with Crippen molar-refractivity contribution < 1.29 is 9.53 Å². The molecule has 0 bridgehead atoms. The van der Waals surface area contributed by atoms with E-state index in [-0.39, 0.29) is 5.91 Å². The summed E-state index contributed by atoms with van der Waals surface area (Å²) in [5.74, 6) is 0.686. The molecule has 0 spiro atoms. The van der Waals surface area contributed by atoms with Crippen LogP contribution in [0, 0.1) is 0 Å². The van der Waals surface area contributed by atoms with Crippen molar-refractivity contribution in [3.05, 3.63) is 64.1 Å². The number of ether oxygens (including phenoxy) is 1. The molecule has 1 saturated heterocycles. The summed E-state index contributed by atoms with van der Waals surface area (Å²) in [5, 5.41) is 0. The number of methoxy groups -OCH3 is 1. The third kappa shape index (κ3) is 3.79. The lowest BCUT2D eigenvalue weighted by Crippen LogP contribution is -2.48. The highest BCUT2D eigenvalue weighted by atomic mass is 79.9. The molecule has 5 heteroatoms. The van der Waals surface area contributed by atoms with Crippen molar-refractivity contribution in [1.82, 2.24) is 9.80 Å². The van der Waals surface area contributed by atoms with E-state index in [9.17, 15) is 4.79 Å². The van der Waals surface area contributed by atoms with Crippen LogP contribution in [-0.2, 0) is 6.54 Å². The van der Waals surface area contributed by atoms with Gasteiger partial charge in [0, 0.05) is 37.2 Å². The molecule has 1 aliphatic rings. The van der Waals surface area contributed by atoms with Crippen LogP contribution in [0.1, 0.15) is 15.9 Å². The molecule has 4 nitrogen and oxygen atoms in total. The fraction of sp³-hybridized carbons (Fsp3) is 0.316. The van der Waals surface area contributed by atoms with E-state index >= 15 is 0 Å². The standard InChI is InChI=1S/C19H21BrN2O2/c1-24-18-9-5-3-7-16(18)19(23)22-12-10-21(11-13-22)14-15-6-2-4-8-17(15)20/h2-9H,10-14H2,1H3. The summed E-state index contributed by atoms with van der Waals surface area (Å²) in [6.45, 7) is 4.13. The van der Waals surface area contributed by atoms with Gasteiger partial charge in [-0.1, -0.05) is 46.3 Å². The maximum Gasteiger partial charge on any atom is 0.257 e. The Hall–Kier alpha value is -1.85. The Morgan fingerprint density at radius 1 is 1.04 bits per heavy atom. The summed E-state index contributed by atoms with van der Waals surface area (Å²) in [5.41, 5.74) is 1.92. The molecule has 0 saturated carbocycles. The first-order valence-corrected chi connectivity index (χ1v) is 8.86. The second-order valence-corrected chi connectivity index (χ2v) is 6.71. The van der Waals surface area contributed by atoms with Crippen LogP contribution in [0.25, 0.3) is 0 Å². The Bertz CT molecular complexity index is 712. The second kappa shape index (κ2) is 7.81. The molecule has 0 aliphatic carbocycles. The number of carbonyl (C=O) groups is 1. The number of hydrogen-bond donors (Lipinski definition) is 0. The number of carbonyl (C=O) groups excluding carboxylic acids is 1. The molecule has 1 fully saturated rings. The van der Waals surface area contributed by atoms with Gasteiger partial charge in [0.1, 0.15) is 5.75 Å². The molecule has 0 N–H and O–H groups in total. The molecule has 0 atom stereocenters. The van der Waals surface area contributed by atoms with Crippen molar-refractivity contribution >= 4 is 21.8 Å².